The van der Waals surface area contributed by atoms with E-state index in [1.165, 1.54) is 6.92 Å². The summed E-state index contributed by atoms with van der Waals surface area (Å²) < 4.78 is 19.6. The van der Waals surface area contributed by atoms with Gasteiger partial charge in [0.25, 0.3) is 0 Å². The molecule has 4 nitrogen and oxygen atoms in total. The van der Waals surface area contributed by atoms with Crippen molar-refractivity contribution in [3.05, 3.63) is 59.8 Å². The summed E-state index contributed by atoms with van der Waals surface area (Å²) in [5, 5.41) is 0.949. The Labute approximate surface area is 143 Å². The fourth-order valence-corrected chi connectivity index (χ4v) is 4.14. The molecule has 0 radical (unpaired) electrons. The summed E-state index contributed by atoms with van der Waals surface area (Å²) in [6.45, 7) is 3.48. The van der Waals surface area contributed by atoms with Crippen molar-refractivity contribution in [2.75, 3.05) is 7.11 Å². The molecular formula is C19H19NO3S. The van der Waals surface area contributed by atoms with E-state index in [9.17, 15) is 9.00 Å². The van der Waals surface area contributed by atoms with Crippen LogP contribution < -0.4 is 4.74 Å². The van der Waals surface area contributed by atoms with E-state index in [2.05, 4.69) is 0 Å². The van der Waals surface area contributed by atoms with Gasteiger partial charge in [-0.15, -0.1) is 0 Å². The minimum Gasteiger partial charge on any atom is -0.497 e. The van der Waals surface area contributed by atoms with Crippen molar-refractivity contribution in [3.8, 4) is 5.75 Å². The molecule has 3 aromatic rings. The van der Waals surface area contributed by atoms with Gasteiger partial charge in [0, 0.05) is 22.9 Å². The molecule has 1 atom stereocenters. The first kappa shape index (κ1) is 16.5. The van der Waals surface area contributed by atoms with Gasteiger partial charge < -0.3 is 4.74 Å². The van der Waals surface area contributed by atoms with E-state index < -0.39 is 10.8 Å². The van der Waals surface area contributed by atoms with Crippen LogP contribution in [0, 0.1) is 6.92 Å². The third-order valence-electron chi connectivity index (χ3n) is 4.14. The monoisotopic (exact) mass is 341 g/mol. The molecule has 0 aliphatic heterocycles. The number of nitrogens with zero attached hydrogens (tertiary/aromatic N) is 1. The Morgan fingerprint density at radius 3 is 2.50 bits per heavy atom. The quantitative estimate of drug-likeness (QED) is 0.722. The summed E-state index contributed by atoms with van der Waals surface area (Å²) in [6.07, 6.45) is 0. The van der Waals surface area contributed by atoms with E-state index >= 15 is 0 Å². The van der Waals surface area contributed by atoms with E-state index in [-0.39, 0.29) is 5.91 Å². The molecule has 0 fully saturated rings. The smallest absolute Gasteiger partial charge is 0.228 e. The maximum absolute atomic E-state index is 12.7. The van der Waals surface area contributed by atoms with E-state index in [0.717, 1.165) is 32.8 Å². The normalized spacial score (nSPS) is 12.3. The first-order valence-electron chi connectivity index (χ1n) is 7.65. The molecule has 1 aromatic heterocycles. The second-order valence-corrected chi connectivity index (χ2v) is 7.06. The zero-order valence-electron chi connectivity index (χ0n) is 13.9. The van der Waals surface area contributed by atoms with Gasteiger partial charge in [-0.3, -0.25) is 13.6 Å². The van der Waals surface area contributed by atoms with Crippen molar-refractivity contribution in [3.63, 3.8) is 0 Å². The second-order valence-electron chi connectivity index (χ2n) is 5.61. The highest BCUT2D eigenvalue weighted by Gasteiger charge is 2.19. The SMILES string of the molecule is COc1ccc2c(c1)c(C)c(CS(=O)c1ccccc1)n2C(C)=O. The van der Waals surface area contributed by atoms with E-state index in [1.54, 1.807) is 11.7 Å². The summed E-state index contributed by atoms with van der Waals surface area (Å²) in [5.74, 6) is 0.951. The van der Waals surface area contributed by atoms with Crippen molar-refractivity contribution < 1.29 is 13.7 Å². The molecule has 124 valence electrons. The van der Waals surface area contributed by atoms with Gasteiger partial charge in [0.15, 0.2) is 0 Å². The lowest BCUT2D eigenvalue weighted by Gasteiger charge is -2.08. The van der Waals surface area contributed by atoms with Crippen LogP contribution >= 0.6 is 0 Å². The Morgan fingerprint density at radius 2 is 1.88 bits per heavy atom. The van der Waals surface area contributed by atoms with Crippen LogP contribution in [0.4, 0.5) is 0 Å². The molecule has 5 heteroatoms. The van der Waals surface area contributed by atoms with Crippen molar-refractivity contribution in [1.82, 2.24) is 4.57 Å². The zero-order valence-corrected chi connectivity index (χ0v) is 14.7. The lowest BCUT2D eigenvalue weighted by atomic mass is 10.1. The molecule has 0 spiro atoms. The fourth-order valence-electron chi connectivity index (χ4n) is 2.92. The predicted octanol–water partition coefficient (Wildman–Crippen LogP) is 3.93. The van der Waals surface area contributed by atoms with Crippen molar-refractivity contribution in [2.24, 2.45) is 0 Å². The predicted molar refractivity (Wildman–Crippen MR) is 96.1 cm³/mol. The van der Waals surface area contributed by atoms with Crippen LogP contribution in [0.25, 0.3) is 10.9 Å². The molecule has 1 unspecified atom stereocenters. The van der Waals surface area contributed by atoms with Gasteiger partial charge in [0.1, 0.15) is 5.75 Å². The number of rotatable bonds is 4. The van der Waals surface area contributed by atoms with Crippen molar-refractivity contribution >= 4 is 27.6 Å². The zero-order chi connectivity index (χ0) is 17.3. The molecule has 0 aliphatic carbocycles. The van der Waals surface area contributed by atoms with Crippen molar-refractivity contribution in [2.45, 2.75) is 24.5 Å². The summed E-state index contributed by atoms with van der Waals surface area (Å²) >= 11 is 0. The minimum atomic E-state index is -1.21. The maximum Gasteiger partial charge on any atom is 0.228 e. The molecule has 24 heavy (non-hydrogen) atoms. The van der Waals surface area contributed by atoms with Crippen LogP contribution in [0.5, 0.6) is 5.75 Å². The van der Waals surface area contributed by atoms with Gasteiger partial charge in [-0.25, -0.2) is 0 Å². The van der Waals surface area contributed by atoms with Crippen LogP contribution in [-0.4, -0.2) is 21.8 Å². The minimum absolute atomic E-state index is 0.0849. The number of ether oxygens (including phenoxy) is 1. The lowest BCUT2D eigenvalue weighted by Crippen LogP contribution is -2.12. The van der Waals surface area contributed by atoms with Crippen molar-refractivity contribution in [1.29, 1.82) is 0 Å². The summed E-state index contributed by atoms with van der Waals surface area (Å²) in [4.78, 5) is 13.0. The average Bonchev–Trinajstić information content (AvgIpc) is 2.87. The molecule has 0 N–H and O–H groups in total. The highest BCUT2D eigenvalue weighted by Crippen LogP contribution is 2.30. The standard InChI is InChI=1S/C19H19NO3S/c1-13-17-11-15(23-3)9-10-18(17)20(14(2)21)19(13)12-24(22)16-7-5-4-6-8-16/h4-11H,12H2,1-3H3. The number of aromatic nitrogens is 1. The Bertz CT molecular complexity index is 929. The number of carbonyl (C=O) groups is 1. The number of hydrogen-bond acceptors (Lipinski definition) is 3. The van der Waals surface area contributed by atoms with E-state index in [4.69, 9.17) is 4.74 Å². The van der Waals surface area contributed by atoms with Crippen LogP contribution in [0.3, 0.4) is 0 Å². The third-order valence-corrected chi connectivity index (χ3v) is 5.47. The summed E-state index contributed by atoms with van der Waals surface area (Å²) in [6, 6.07) is 14.9. The summed E-state index contributed by atoms with van der Waals surface area (Å²) in [5.41, 5.74) is 2.57. The van der Waals surface area contributed by atoms with Gasteiger partial charge >= 0.3 is 0 Å². The Hall–Kier alpha value is -2.40. The number of benzene rings is 2. The first-order valence-corrected chi connectivity index (χ1v) is 8.97. The largest absolute Gasteiger partial charge is 0.497 e. The van der Waals surface area contributed by atoms with Crippen LogP contribution in [0.15, 0.2) is 53.4 Å². The first-order chi connectivity index (χ1) is 11.5. The maximum atomic E-state index is 12.7. The molecule has 0 saturated carbocycles. The van der Waals surface area contributed by atoms with Crippen LogP contribution in [0.2, 0.25) is 0 Å². The number of carbonyl (C=O) groups excluding carboxylic acids is 1. The van der Waals surface area contributed by atoms with Crippen LogP contribution in [0.1, 0.15) is 23.0 Å². The van der Waals surface area contributed by atoms with Gasteiger partial charge in [0.05, 0.1) is 29.2 Å². The molecule has 0 saturated heterocycles. The Balaban J connectivity index is 2.13. The topological polar surface area (TPSA) is 48.3 Å². The molecule has 0 amide bonds. The lowest BCUT2D eigenvalue weighted by molar-refractivity contribution is 0.0939. The third kappa shape index (κ3) is 2.87. The Morgan fingerprint density at radius 1 is 1.17 bits per heavy atom. The molecular weight excluding hydrogens is 322 g/mol. The van der Waals surface area contributed by atoms with E-state index in [0.29, 0.717) is 5.75 Å². The fraction of sp³-hybridized carbons (Fsp3) is 0.211. The number of aryl methyl sites for hydroxylation is 1. The number of fused-ring (bicyclic) bond motifs is 1. The molecule has 0 aliphatic rings. The summed E-state index contributed by atoms with van der Waals surface area (Å²) in [7, 11) is 0.405. The second kappa shape index (κ2) is 6.61. The molecule has 1 heterocycles. The average molecular weight is 341 g/mol. The number of methoxy groups -OCH3 is 1. The van der Waals surface area contributed by atoms with Gasteiger partial charge in [0.2, 0.25) is 5.91 Å². The highest BCUT2D eigenvalue weighted by atomic mass is 32.2. The van der Waals surface area contributed by atoms with Gasteiger partial charge in [-0.2, -0.15) is 0 Å². The molecule has 3 rings (SSSR count). The van der Waals surface area contributed by atoms with Crippen LogP contribution in [-0.2, 0) is 16.6 Å². The Kier molecular flexibility index (Phi) is 4.53. The molecule has 0 bridgehead atoms. The van der Waals surface area contributed by atoms with Gasteiger partial charge in [-0.05, 0) is 42.8 Å². The highest BCUT2D eigenvalue weighted by molar-refractivity contribution is 7.84. The van der Waals surface area contributed by atoms with Gasteiger partial charge in [-0.1, -0.05) is 18.2 Å². The van der Waals surface area contributed by atoms with E-state index in [1.807, 2.05) is 55.5 Å². The number of hydrogen-bond donors (Lipinski definition) is 0. The molecule has 2 aromatic carbocycles.